The number of aromatic nitrogens is 4. The van der Waals surface area contributed by atoms with Gasteiger partial charge in [0.2, 0.25) is 5.91 Å². The fraction of sp³-hybridized carbons (Fsp3) is 0.316. The van der Waals surface area contributed by atoms with E-state index in [2.05, 4.69) is 26.9 Å². The second kappa shape index (κ2) is 7.88. The van der Waals surface area contributed by atoms with Crippen LogP contribution >= 0.6 is 11.3 Å². The largest absolute Gasteiger partial charge is 0.381 e. The molecule has 0 unspecified atom stereocenters. The van der Waals surface area contributed by atoms with E-state index in [9.17, 15) is 4.79 Å². The van der Waals surface area contributed by atoms with Crippen molar-refractivity contribution in [3.63, 3.8) is 0 Å². The third kappa shape index (κ3) is 3.65. The van der Waals surface area contributed by atoms with E-state index in [4.69, 9.17) is 10.00 Å². The molecule has 3 aromatic rings. The van der Waals surface area contributed by atoms with Gasteiger partial charge in [0, 0.05) is 24.2 Å². The zero-order chi connectivity index (χ0) is 19.4. The smallest absolute Gasteiger partial charge is 0.242 e. The number of nitriles is 1. The maximum atomic E-state index is 12.9. The molecule has 1 aromatic carbocycles. The number of tetrazole rings is 1. The zero-order valence-electron chi connectivity index (χ0n) is 15.0. The lowest BCUT2D eigenvalue weighted by atomic mass is 9.82. The minimum atomic E-state index is -0.528. The molecular weight excluding hydrogens is 376 g/mol. The number of carbonyl (C=O) groups is 1. The molecule has 0 radical (unpaired) electrons. The first-order valence-corrected chi connectivity index (χ1v) is 9.83. The summed E-state index contributed by atoms with van der Waals surface area (Å²) in [7, 11) is 0. The molecule has 4 rings (SSSR count). The van der Waals surface area contributed by atoms with Gasteiger partial charge in [0.1, 0.15) is 6.54 Å². The molecule has 1 N–H and O–H groups in total. The first-order valence-electron chi connectivity index (χ1n) is 8.88. The minimum Gasteiger partial charge on any atom is -0.381 e. The summed E-state index contributed by atoms with van der Waals surface area (Å²) in [6, 6.07) is 11.4. The third-order valence-corrected chi connectivity index (χ3v) is 5.58. The number of ether oxygens (including phenoxy) is 1. The molecule has 1 fully saturated rings. The minimum absolute atomic E-state index is 0.0249. The molecule has 1 aliphatic heterocycles. The van der Waals surface area contributed by atoms with E-state index in [1.165, 1.54) is 4.68 Å². The van der Waals surface area contributed by atoms with Crippen molar-refractivity contribution in [3.05, 3.63) is 52.2 Å². The molecule has 0 atom stereocenters. The predicted molar refractivity (Wildman–Crippen MR) is 102 cm³/mol. The van der Waals surface area contributed by atoms with Gasteiger partial charge < -0.3 is 10.1 Å². The van der Waals surface area contributed by atoms with Gasteiger partial charge in [-0.25, -0.2) is 4.68 Å². The number of thiophene rings is 1. The molecule has 28 heavy (non-hydrogen) atoms. The normalized spacial score (nSPS) is 15.7. The molecule has 0 spiro atoms. The maximum Gasteiger partial charge on any atom is 0.242 e. The van der Waals surface area contributed by atoms with Crippen LogP contribution in [-0.2, 0) is 21.6 Å². The number of carbonyl (C=O) groups excluding carboxylic acids is 1. The highest BCUT2D eigenvalue weighted by molar-refractivity contribution is 7.08. The second-order valence-corrected chi connectivity index (χ2v) is 7.38. The van der Waals surface area contributed by atoms with Crippen LogP contribution in [0.1, 0.15) is 24.0 Å². The Kier molecular flexibility index (Phi) is 5.14. The number of hydrogen-bond acceptors (Lipinski definition) is 7. The van der Waals surface area contributed by atoms with Crippen LogP contribution in [0.25, 0.3) is 11.4 Å². The molecule has 9 heteroatoms. The predicted octanol–water partition coefficient (Wildman–Crippen LogP) is 2.10. The Labute approximate surface area is 165 Å². The first-order chi connectivity index (χ1) is 13.7. The van der Waals surface area contributed by atoms with Gasteiger partial charge in [0.25, 0.3) is 0 Å². The summed E-state index contributed by atoms with van der Waals surface area (Å²) in [5, 5.41) is 27.8. The standard InChI is InChI=1S/C19H18N6O2S/c20-11-14-1-3-16(4-2-14)19(6-8-27-9-7-19)21-17(26)12-25-18(22-23-24-25)15-5-10-28-13-15/h1-5,10,13H,6-9,12H2,(H,21,26). The molecule has 0 saturated carbocycles. The van der Waals surface area contributed by atoms with E-state index in [-0.39, 0.29) is 12.5 Å². The van der Waals surface area contributed by atoms with Crippen LogP contribution in [0.3, 0.4) is 0 Å². The monoisotopic (exact) mass is 394 g/mol. The number of hydrogen-bond donors (Lipinski definition) is 1. The van der Waals surface area contributed by atoms with E-state index in [0.29, 0.717) is 37.4 Å². The van der Waals surface area contributed by atoms with Crippen LogP contribution in [0, 0.1) is 11.3 Å². The van der Waals surface area contributed by atoms with Crippen molar-refractivity contribution >= 4 is 17.2 Å². The van der Waals surface area contributed by atoms with E-state index in [0.717, 1.165) is 11.1 Å². The van der Waals surface area contributed by atoms with Gasteiger partial charge in [0.15, 0.2) is 5.82 Å². The van der Waals surface area contributed by atoms with E-state index >= 15 is 0 Å². The summed E-state index contributed by atoms with van der Waals surface area (Å²) in [6.07, 6.45) is 1.33. The van der Waals surface area contributed by atoms with Crippen LogP contribution < -0.4 is 5.32 Å². The Bertz CT molecular complexity index is 984. The SMILES string of the molecule is N#Cc1ccc(C2(NC(=O)Cn3nnnc3-c3ccsc3)CCOCC2)cc1. The van der Waals surface area contributed by atoms with Crippen molar-refractivity contribution in [1.82, 2.24) is 25.5 Å². The molecule has 142 valence electrons. The van der Waals surface area contributed by atoms with Crippen LogP contribution in [0.2, 0.25) is 0 Å². The fourth-order valence-electron chi connectivity index (χ4n) is 3.42. The van der Waals surface area contributed by atoms with Crippen molar-refractivity contribution in [2.24, 2.45) is 0 Å². The molecule has 1 amide bonds. The molecule has 1 saturated heterocycles. The van der Waals surface area contributed by atoms with Crippen molar-refractivity contribution in [3.8, 4) is 17.5 Å². The van der Waals surface area contributed by atoms with Gasteiger partial charge in [-0.3, -0.25) is 4.79 Å². The van der Waals surface area contributed by atoms with Gasteiger partial charge in [-0.1, -0.05) is 12.1 Å². The number of rotatable bonds is 5. The maximum absolute atomic E-state index is 12.9. The van der Waals surface area contributed by atoms with Gasteiger partial charge in [-0.05, 0) is 52.4 Å². The Morgan fingerprint density at radius 2 is 2.07 bits per heavy atom. The number of benzene rings is 1. The van der Waals surface area contributed by atoms with E-state index in [1.807, 2.05) is 29.0 Å². The van der Waals surface area contributed by atoms with Crippen molar-refractivity contribution < 1.29 is 9.53 Å². The van der Waals surface area contributed by atoms with E-state index < -0.39 is 5.54 Å². The van der Waals surface area contributed by atoms with Crippen LogP contribution in [-0.4, -0.2) is 39.3 Å². The lowest BCUT2D eigenvalue weighted by molar-refractivity contribution is -0.125. The number of nitrogens with one attached hydrogen (secondary N) is 1. The third-order valence-electron chi connectivity index (χ3n) is 4.90. The summed E-state index contributed by atoms with van der Waals surface area (Å²) < 4.78 is 7.01. The van der Waals surface area contributed by atoms with Gasteiger partial charge >= 0.3 is 0 Å². The Hall–Kier alpha value is -3.09. The summed E-state index contributed by atoms with van der Waals surface area (Å²) in [6.45, 7) is 1.15. The molecular formula is C19H18N6O2S. The molecule has 3 heterocycles. The highest BCUT2D eigenvalue weighted by Gasteiger charge is 2.36. The molecule has 8 nitrogen and oxygen atoms in total. The van der Waals surface area contributed by atoms with Crippen LogP contribution in [0.5, 0.6) is 0 Å². The number of nitrogens with zero attached hydrogens (tertiary/aromatic N) is 5. The Morgan fingerprint density at radius 3 is 2.75 bits per heavy atom. The highest BCUT2D eigenvalue weighted by Crippen LogP contribution is 2.32. The second-order valence-electron chi connectivity index (χ2n) is 6.60. The zero-order valence-corrected chi connectivity index (χ0v) is 15.9. The van der Waals surface area contributed by atoms with Gasteiger partial charge in [-0.15, -0.1) is 5.10 Å². The summed E-state index contributed by atoms with van der Waals surface area (Å²) >= 11 is 1.55. The van der Waals surface area contributed by atoms with Crippen molar-refractivity contribution in [1.29, 1.82) is 5.26 Å². The lowest BCUT2D eigenvalue weighted by Crippen LogP contribution is -2.50. The molecule has 2 aromatic heterocycles. The van der Waals surface area contributed by atoms with Crippen LogP contribution in [0.4, 0.5) is 0 Å². The topological polar surface area (TPSA) is 106 Å². The average molecular weight is 394 g/mol. The Morgan fingerprint density at radius 1 is 1.29 bits per heavy atom. The summed E-state index contributed by atoms with van der Waals surface area (Å²) in [5.41, 5.74) is 1.92. The Balaban J connectivity index is 1.55. The highest BCUT2D eigenvalue weighted by atomic mass is 32.1. The fourth-order valence-corrected chi connectivity index (χ4v) is 4.06. The summed E-state index contributed by atoms with van der Waals surface area (Å²) in [5.74, 6) is 0.394. The van der Waals surface area contributed by atoms with Crippen molar-refractivity contribution in [2.75, 3.05) is 13.2 Å². The average Bonchev–Trinajstić information content (AvgIpc) is 3.40. The number of amides is 1. The summed E-state index contributed by atoms with van der Waals surface area (Å²) in [4.78, 5) is 12.9. The molecule has 0 aliphatic carbocycles. The molecule has 1 aliphatic rings. The lowest BCUT2D eigenvalue weighted by Gasteiger charge is -2.38. The van der Waals surface area contributed by atoms with Crippen molar-refractivity contribution in [2.45, 2.75) is 24.9 Å². The van der Waals surface area contributed by atoms with E-state index in [1.54, 1.807) is 23.5 Å². The van der Waals surface area contributed by atoms with Gasteiger partial charge in [-0.2, -0.15) is 16.6 Å². The molecule has 0 bridgehead atoms. The van der Waals surface area contributed by atoms with Gasteiger partial charge in [0.05, 0.1) is 17.2 Å². The quantitative estimate of drug-likeness (QED) is 0.710. The first kappa shape index (κ1) is 18.3. The van der Waals surface area contributed by atoms with Crippen LogP contribution in [0.15, 0.2) is 41.1 Å².